The predicted molar refractivity (Wildman–Crippen MR) is 105 cm³/mol. The molecule has 5 nitrogen and oxygen atoms in total. The highest BCUT2D eigenvalue weighted by molar-refractivity contribution is 8.00. The van der Waals surface area contributed by atoms with Crippen LogP contribution in [0.15, 0.2) is 23.4 Å². The number of anilines is 1. The number of rotatable bonds is 4. The van der Waals surface area contributed by atoms with Crippen molar-refractivity contribution in [3.05, 3.63) is 39.6 Å². The molecule has 0 radical (unpaired) electrons. The van der Waals surface area contributed by atoms with Crippen LogP contribution in [0.25, 0.3) is 10.2 Å². The van der Waals surface area contributed by atoms with Crippen molar-refractivity contribution in [1.82, 2.24) is 15.0 Å². The zero-order valence-corrected chi connectivity index (χ0v) is 16.6. The molecule has 0 saturated heterocycles. The Kier molecular flexibility index (Phi) is 5.27. The van der Waals surface area contributed by atoms with E-state index in [9.17, 15) is 4.79 Å². The van der Waals surface area contributed by atoms with Crippen LogP contribution in [-0.4, -0.2) is 26.1 Å². The van der Waals surface area contributed by atoms with Crippen molar-refractivity contribution in [3.63, 3.8) is 0 Å². The van der Waals surface area contributed by atoms with Gasteiger partial charge >= 0.3 is 0 Å². The van der Waals surface area contributed by atoms with Crippen molar-refractivity contribution in [1.29, 1.82) is 0 Å². The highest BCUT2D eigenvalue weighted by atomic mass is 35.5. The first-order valence-corrected chi connectivity index (χ1v) is 9.76. The Bertz CT molecular complexity index is 940. The lowest BCUT2D eigenvalue weighted by Gasteiger charge is -2.12. The molecule has 1 amide bonds. The normalized spacial score (nSPS) is 12.4. The Morgan fingerprint density at radius 3 is 2.72 bits per heavy atom. The highest BCUT2D eigenvalue weighted by Gasteiger charge is 2.20. The lowest BCUT2D eigenvalue weighted by molar-refractivity contribution is -0.115. The van der Waals surface area contributed by atoms with Crippen LogP contribution in [0.4, 0.5) is 5.82 Å². The fourth-order valence-electron chi connectivity index (χ4n) is 2.30. The van der Waals surface area contributed by atoms with Gasteiger partial charge in [0.25, 0.3) is 0 Å². The van der Waals surface area contributed by atoms with Gasteiger partial charge in [-0.25, -0.2) is 15.0 Å². The molecule has 1 N–H and O–H groups in total. The summed E-state index contributed by atoms with van der Waals surface area (Å²) in [6, 6.07) is 3.37. The standard InChI is InChI=1S/C17H17ClN4OS2/c1-8-9(2)24-16-14(8)17(21-11(4)20-16)25-10(3)15(23)22-13-6-5-12(18)7-19-13/h5-7,10H,1-4H3,(H,19,22,23)/t10-/m1/s1. The summed E-state index contributed by atoms with van der Waals surface area (Å²) in [5, 5.41) is 4.89. The summed E-state index contributed by atoms with van der Waals surface area (Å²) in [5.74, 6) is 1.06. The topological polar surface area (TPSA) is 67.8 Å². The summed E-state index contributed by atoms with van der Waals surface area (Å²) < 4.78 is 0. The largest absolute Gasteiger partial charge is 0.310 e. The SMILES string of the molecule is Cc1nc(S[C@H](C)C(=O)Nc2ccc(Cl)cn2)c2c(C)c(C)sc2n1. The molecule has 0 saturated carbocycles. The molecule has 0 spiro atoms. The van der Waals surface area contributed by atoms with E-state index < -0.39 is 0 Å². The number of nitrogens with zero attached hydrogens (tertiary/aromatic N) is 3. The van der Waals surface area contributed by atoms with Crippen molar-refractivity contribution in [2.45, 2.75) is 38.0 Å². The van der Waals surface area contributed by atoms with Gasteiger partial charge in [0.2, 0.25) is 5.91 Å². The van der Waals surface area contributed by atoms with Gasteiger partial charge in [0.15, 0.2) is 0 Å². The van der Waals surface area contributed by atoms with Gasteiger partial charge in [-0.3, -0.25) is 4.79 Å². The summed E-state index contributed by atoms with van der Waals surface area (Å²) in [6.07, 6.45) is 1.50. The highest BCUT2D eigenvalue weighted by Crippen LogP contribution is 2.36. The summed E-state index contributed by atoms with van der Waals surface area (Å²) in [6.45, 7) is 7.87. The molecule has 8 heteroatoms. The molecule has 3 aromatic heterocycles. The van der Waals surface area contributed by atoms with E-state index >= 15 is 0 Å². The van der Waals surface area contributed by atoms with Crippen LogP contribution in [-0.2, 0) is 4.79 Å². The van der Waals surface area contributed by atoms with E-state index in [1.54, 1.807) is 23.5 Å². The molecular weight excluding hydrogens is 376 g/mol. The maximum atomic E-state index is 12.5. The minimum Gasteiger partial charge on any atom is -0.310 e. The molecule has 3 aromatic rings. The second-order valence-corrected chi connectivity index (χ2v) is 8.62. The zero-order valence-electron chi connectivity index (χ0n) is 14.3. The number of thioether (sulfide) groups is 1. The van der Waals surface area contributed by atoms with E-state index in [2.05, 4.69) is 34.1 Å². The molecule has 130 valence electrons. The molecule has 0 aliphatic rings. The molecule has 0 fully saturated rings. The number of carbonyl (C=O) groups is 1. The molecule has 0 unspecified atom stereocenters. The molecular formula is C17H17ClN4OS2. The number of aromatic nitrogens is 3. The van der Waals surface area contributed by atoms with E-state index in [0.29, 0.717) is 16.7 Å². The van der Waals surface area contributed by atoms with E-state index in [1.807, 2.05) is 13.8 Å². The minimum atomic E-state index is -0.324. The monoisotopic (exact) mass is 392 g/mol. The van der Waals surface area contributed by atoms with Crippen LogP contribution in [0.3, 0.4) is 0 Å². The van der Waals surface area contributed by atoms with Crippen LogP contribution >= 0.6 is 34.7 Å². The number of carbonyl (C=O) groups excluding carboxylic acids is 1. The maximum absolute atomic E-state index is 12.5. The Hall–Kier alpha value is -1.70. The molecule has 0 aromatic carbocycles. The van der Waals surface area contributed by atoms with Crippen LogP contribution in [0, 0.1) is 20.8 Å². The van der Waals surface area contributed by atoms with E-state index in [4.69, 9.17) is 11.6 Å². The van der Waals surface area contributed by atoms with Gasteiger partial charge in [0.1, 0.15) is 21.5 Å². The number of nitrogens with one attached hydrogen (secondary N) is 1. The van der Waals surface area contributed by atoms with Crippen LogP contribution in [0.2, 0.25) is 5.02 Å². The lowest BCUT2D eigenvalue weighted by Crippen LogP contribution is -2.23. The number of amides is 1. The average molecular weight is 393 g/mol. The first-order chi connectivity index (χ1) is 11.8. The van der Waals surface area contributed by atoms with Crippen LogP contribution in [0.1, 0.15) is 23.2 Å². The van der Waals surface area contributed by atoms with E-state index in [0.717, 1.165) is 15.2 Å². The molecule has 3 heterocycles. The number of aryl methyl sites for hydroxylation is 3. The Labute approximate surface area is 159 Å². The van der Waals surface area contributed by atoms with Gasteiger partial charge in [-0.05, 0) is 45.4 Å². The van der Waals surface area contributed by atoms with Gasteiger partial charge < -0.3 is 5.32 Å². The third kappa shape index (κ3) is 3.94. The maximum Gasteiger partial charge on any atom is 0.238 e. The third-order valence-corrected chi connectivity index (χ3v) is 6.15. The molecule has 25 heavy (non-hydrogen) atoms. The van der Waals surface area contributed by atoms with Gasteiger partial charge in [-0.2, -0.15) is 0 Å². The smallest absolute Gasteiger partial charge is 0.238 e. The molecule has 0 bridgehead atoms. The van der Waals surface area contributed by atoms with Gasteiger partial charge in [-0.15, -0.1) is 11.3 Å². The quantitative estimate of drug-likeness (QED) is 0.511. The second-order valence-electron chi connectivity index (χ2n) is 5.65. The first-order valence-electron chi connectivity index (χ1n) is 7.68. The minimum absolute atomic E-state index is 0.131. The van der Waals surface area contributed by atoms with Crippen LogP contribution < -0.4 is 5.32 Å². The predicted octanol–water partition coefficient (Wildman–Crippen LogP) is 4.78. The van der Waals surface area contributed by atoms with Gasteiger partial charge in [-0.1, -0.05) is 23.4 Å². The van der Waals surface area contributed by atoms with Crippen LogP contribution in [0.5, 0.6) is 0 Å². The number of fused-ring (bicyclic) bond motifs is 1. The Morgan fingerprint density at radius 1 is 1.28 bits per heavy atom. The molecule has 1 atom stereocenters. The number of pyridine rings is 1. The summed E-state index contributed by atoms with van der Waals surface area (Å²) in [5.41, 5.74) is 1.18. The molecule has 3 rings (SSSR count). The summed E-state index contributed by atoms with van der Waals surface area (Å²) in [4.78, 5) is 27.8. The second kappa shape index (κ2) is 7.27. The van der Waals surface area contributed by atoms with E-state index in [-0.39, 0.29) is 11.2 Å². The van der Waals surface area contributed by atoms with Crippen molar-refractivity contribution < 1.29 is 4.79 Å². The number of thiophene rings is 1. The summed E-state index contributed by atoms with van der Waals surface area (Å²) in [7, 11) is 0. The van der Waals surface area contributed by atoms with Gasteiger partial charge in [0.05, 0.1) is 10.3 Å². The van der Waals surface area contributed by atoms with Crippen molar-refractivity contribution >= 4 is 56.6 Å². The van der Waals surface area contributed by atoms with Gasteiger partial charge in [0, 0.05) is 16.5 Å². The summed E-state index contributed by atoms with van der Waals surface area (Å²) >= 11 is 8.91. The van der Waals surface area contributed by atoms with Crippen molar-refractivity contribution in [3.8, 4) is 0 Å². The lowest BCUT2D eigenvalue weighted by atomic mass is 10.2. The fraction of sp³-hybridized carbons (Fsp3) is 0.294. The van der Waals surface area contributed by atoms with E-state index in [1.165, 1.54) is 28.4 Å². The van der Waals surface area contributed by atoms with Crippen molar-refractivity contribution in [2.75, 3.05) is 5.32 Å². The third-order valence-electron chi connectivity index (χ3n) is 3.74. The zero-order chi connectivity index (χ0) is 18.1. The fourth-order valence-corrected chi connectivity index (χ4v) is 4.60. The first kappa shape index (κ1) is 18.1. The Balaban J connectivity index is 1.82. The number of halogens is 1. The molecule has 0 aliphatic carbocycles. The number of hydrogen-bond acceptors (Lipinski definition) is 6. The average Bonchev–Trinajstić information content (AvgIpc) is 2.83. The Morgan fingerprint density at radius 2 is 2.04 bits per heavy atom. The molecule has 0 aliphatic heterocycles. The van der Waals surface area contributed by atoms with Crippen molar-refractivity contribution in [2.24, 2.45) is 0 Å². The number of hydrogen-bond donors (Lipinski definition) is 1.